The second-order valence-corrected chi connectivity index (χ2v) is 4.55. The lowest BCUT2D eigenvalue weighted by atomic mass is 10.1. The number of piperidine rings is 1. The number of rotatable bonds is 2. The third-order valence-corrected chi connectivity index (χ3v) is 2.90. The lowest BCUT2D eigenvalue weighted by Gasteiger charge is -2.08. The Morgan fingerprint density at radius 1 is 1.17 bits per heavy atom. The first-order valence-corrected chi connectivity index (χ1v) is 6.55. The van der Waals surface area contributed by atoms with Crippen molar-refractivity contribution in [2.45, 2.75) is 32.6 Å². The monoisotopic (exact) mass is 249 g/mol. The molecule has 18 heavy (non-hydrogen) atoms. The molecule has 3 heteroatoms. The molecule has 1 aromatic rings. The summed E-state index contributed by atoms with van der Waals surface area (Å²) in [6.07, 6.45) is 4.57. The molecule has 0 aromatic heterocycles. The van der Waals surface area contributed by atoms with Crippen LogP contribution in [0.1, 0.15) is 30.4 Å². The maximum atomic E-state index is 10.8. The zero-order chi connectivity index (χ0) is 13.2. The molecule has 1 aromatic carbocycles. The molecule has 2 rings (SSSR count). The molecular formula is C15H23NO2. The molecule has 1 fully saturated rings. The topological polar surface area (TPSA) is 38.3 Å². The lowest BCUT2D eigenvalue weighted by molar-refractivity contribution is -0.139. The van der Waals surface area contributed by atoms with E-state index < -0.39 is 0 Å². The molecular weight excluding hydrogens is 226 g/mol. The smallest absolute Gasteiger partial charge is 0.309 e. The minimum Gasteiger partial charge on any atom is -0.469 e. The Kier molecular flexibility index (Phi) is 7.11. The predicted octanol–water partition coefficient (Wildman–Crippen LogP) is 2.47. The number of esters is 1. The Bertz CT molecular complexity index is 331. The van der Waals surface area contributed by atoms with E-state index in [1.54, 1.807) is 0 Å². The van der Waals surface area contributed by atoms with Crippen molar-refractivity contribution in [3.63, 3.8) is 0 Å². The van der Waals surface area contributed by atoms with Crippen molar-refractivity contribution in [2.75, 3.05) is 20.2 Å². The molecule has 1 aliphatic heterocycles. The maximum Gasteiger partial charge on any atom is 0.309 e. The quantitative estimate of drug-likeness (QED) is 0.818. The molecule has 1 heterocycles. The van der Waals surface area contributed by atoms with Crippen molar-refractivity contribution in [3.05, 3.63) is 35.4 Å². The highest BCUT2D eigenvalue weighted by Crippen LogP contribution is 2.04. The van der Waals surface area contributed by atoms with Crippen LogP contribution in [0.3, 0.4) is 0 Å². The molecule has 0 radical (unpaired) electrons. The SMILES string of the molecule is C1CCNCC1.COC(=O)Cc1ccc(C)cc1. The molecule has 0 amide bonds. The number of nitrogens with one attached hydrogen (secondary N) is 1. The Hall–Kier alpha value is -1.35. The summed E-state index contributed by atoms with van der Waals surface area (Å²) in [5.74, 6) is -0.196. The Morgan fingerprint density at radius 2 is 1.78 bits per heavy atom. The lowest BCUT2D eigenvalue weighted by Crippen LogP contribution is -2.21. The van der Waals surface area contributed by atoms with E-state index in [0.29, 0.717) is 6.42 Å². The summed E-state index contributed by atoms with van der Waals surface area (Å²) in [6.45, 7) is 4.52. The van der Waals surface area contributed by atoms with Crippen LogP contribution >= 0.6 is 0 Å². The highest BCUT2D eigenvalue weighted by molar-refractivity contribution is 5.72. The minimum atomic E-state index is -0.196. The molecule has 1 saturated heterocycles. The Balaban J connectivity index is 0.000000225. The van der Waals surface area contributed by atoms with Crippen molar-refractivity contribution in [1.29, 1.82) is 0 Å². The average Bonchev–Trinajstić information content (AvgIpc) is 2.44. The summed E-state index contributed by atoms with van der Waals surface area (Å²) in [5, 5.41) is 3.28. The van der Waals surface area contributed by atoms with Crippen molar-refractivity contribution in [3.8, 4) is 0 Å². The standard InChI is InChI=1S/C10H12O2.C5H11N/c1-8-3-5-9(6-4-8)7-10(11)12-2;1-2-4-6-5-3-1/h3-6H,7H2,1-2H3;6H,1-5H2. The number of aryl methyl sites for hydroxylation is 1. The van der Waals surface area contributed by atoms with Crippen LogP contribution < -0.4 is 5.32 Å². The summed E-state index contributed by atoms with van der Waals surface area (Å²) in [4.78, 5) is 10.8. The first kappa shape index (κ1) is 14.7. The Morgan fingerprint density at radius 3 is 2.17 bits per heavy atom. The first-order chi connectivity index (χ1) is 8.72. The second kappa shape index (κ2) is 8.70. The number of hydrogen-bond donors (Lipinski definition) is 1. The summed E-state index contributed by atoms with van der Waals surface area (Å²) in [5.41, 5.74) is 2.19. The molecule has 0 aliphatic carbocycles. The molecule has 0 unspecified atom stereocenters. The predicted molar refractivity (Wildman–Crippen MR) is 73.6 cm³/mol. The molecule has 3 nitrogen and oxygen atoms in total. The molecule has 0 bridgehead atoms. The van der Waals surface area contributed by atoms with Crippen LogP contribution in [0.5, 0.6) is 0 Å². The maximum absolute atomic E-state index is 10.8. The molecule has 100 valence electrons. The number of hydrogen-bond acceptors (Lipinski definition) is 3. The molecule has 1 aliphatic rings. The highest BCUT2D eigenvalue weighted by atomic mass is 16.5. The van der Waals surface area contributed by atoms with Gasteiger partial charge in [-0.15, -0.1) is 0 Å². The van der Waals surface area contributed by atoms with Crippen molar-refractivity contribution in [1.82, 2.24) is 5.32 Å². The van der Waals surface area contributed by atoms with Gasteiger partial charge in [0.25, 0.3) is 0 Å². The van der Waals surface area contributed by atoms with Crippen LogP contribution in [0.15, 0.2) is 24.3 Å². The van der Waals surface area contributed by atoms with Gasteiger partial charge in [-0.1, -0.05) is 36.2 Å². The number of ether oxygens (including phenoxy) is 1. The molecule has 0 atom stereocenters. The van der Waals surface area contributed by atoms with Crippen LogP contribution in [-0.2, 0) is 16.0 Å². The minimum absolute atomic E-state index is 0.196. The van der Waals surface area contributed by atoms with Crippen LogP contribution in [0.2, 0.25) is 0 Å². The van der Waals surface area contributed by atoms with Gasteiger partial charge in [0.1, 0.15) is 0 Å². The van der Waals surface area contributed by atoms with E-state index in [9.17, 15) is 4.79 Å². The van der Waals surface area contributed by atoms with E-state index >= 15 is 0 Å². The zero-order valence-electron chi connectivity index (χ0n) is 11.4. The van der Waals surface area contributed by atoms with Gasteiger partial charge in [-0.3, -0.25) is 4.79 Å². The number of benzene rings is 1. The third-order valence-electron chi connectivity index (χ3n) is 2.90. The fourth-order valence-corrected chi connectivity index (χ4v) is 1.75. The van der Waals surface area contributed by atoms with E-state index in [1.807, 2.05) is 31.2 Å². The van der Waals surface area contributed by atoms with Crippen molar-refractivity contribution < 1.29 is 9.53 Å². The van der Waals surface area contributed by atoms with Gasteiger partial charge >= 0.3 is 5.97 Å². The normalized spacial score (nSPS) is 14.3. The molecule has 0 spiro atoms. The van der Waals surface area contributed by atoms with Gasteiger partial charge in [-0.05, 0) is 38.4 Å². The van der Waals surface area contributed by atoms with E-state index in [4.69, 9.17) is 0 Å². The van der Waals surface area contributed by atoms with E-state index in [2.05, 4.69) is 10.1 Å². The third kappa shape index (κ3) is 6.40. The Labute approximate surface area is 110 Å². The number of carbonyl (C=O) groups is 1. The summed E-state index contributed by atoms with van der Waals surface area (Å²) in [7, 11) is 1.40. The van der Waals surface area contributed by atoms with Gasteiger partial charge in [0.05, 0.1) is 13.5 Å². The van der Waals surface area contributed by atoms with Crippen LogP contribution in [0.25, 0.3) is 0 Å². The van der Waals surface area contributed by atoms with Crippen molar-refractivity contribution in [2.24, 2.45) is 0 Å². The van der Waals surface area contributed by atoms with Gasteiger partial charge in [-0.2, -0.15) is 0 Å². The fraction of sp³-hybridized carbons (Fsp3) is 0.533. The van der Waals surface area contributed by atoms with Gasteiger partial charge in [0, 0.05) is 0 Å². The van der Waals surface area contributed by atoms with Gasteiger partial charge in [0.15, 0.2) is 0 Å². The number of carbonyl (C=O) groups excluding carboxylic acids is 1. The number of methoxy groups -OCH3 is 1. The van der Waals surface area contributed by atoms with Crippen LogP contribution in [0, 0.1) is 6.92 Å². The van der Waals surface area contributed by atoms with E-state index in [0.717, 1.165) is 5.56 Å². The van der Waals surface area contributed by atoms with Crippen LogP contribution in [0.4, 0.5) is 0 Å². The molecule has 1 N–H and O–H groups in total. The average molecular weight is 249 g/mol. The first-order valence-electron chi connectivity index (χ1n) is 6.55. The van der Waals surface area contributed by atoms with Gasteiger partial charge in [-0.25, -0.2) is 0 Å². The van der Waals surface area contributed by atoms with E-state index in [1.165, 1.54) is 45.0 Å². The van der Waals surface area contributed by atoms with Gasteiger partial charge < -0.3 is 10.1 Å². The zero-order valence-corrected chi connectivity index (χ0v) is 11.4. The van der Waals surface area contributed by atoms with Gasteiger partial charge in [0.2, 0.25) is 0 Å². The van der Waals surface area contributed by atoms with E-state index in [-0.39, 0.29) is 5.97 Å². The summed E-state index contributed by atoms with van der Waals surface area (Å²) in [6, 6.07) is 7.84. The largest absolute Gasteiger partial charge is 0.469 e. The summed E-state index contributed by atoms with van der Waals surface area (Å²) >= 11 is 0. The summed E-state index contributed by atoms with van der Waals surface area (Å²) < 4.78 is 4.55. The highest BCUT2D eigenvalue weighted by Gasteiger charge is 2.00. The second-order valence-electron chi connectivity index (χ2n) is 4.55. The fourth-order valence-electron chi connectivity index (χ4n) is 1.75. The van der Waals surface area contributed by atoms with Crippen LogP contribution in [-0.4, -0.2) is 26.2 Å². The molecule has 0 saturated carbocycles. The van der Waals surface area contributed by atoms with Crippen molar-refractivity contribution >= 4 is 5.97 Å².